The molecule has 1 aromatic carbocycles. The lowest BCUT2D eigenvalue weighted by Gasteiger charge is -2.12. The van der Waals surface area contributed by atoms with E-state index in [1.807, 2.05) is 0 Å². The summed E-state index contributed by atoms with van der Waals surface area (Å²) in [5.74, 6) is -0.0691. The molecule has 1 aromatic heterocycles. The van der Waals surface area contributed by atoms with Gasteiger partial charge < -0.3 is 9.15 Å². The van der Waals surface area contributed by atoms with Crippen molar-refractivity contribution in [3.8, 4) is 5.75 Å². The van der Waals surface area contributed by atoms with E-state index in [0.29, 0.717) is 13.1 Å². The SMILES string of the molecule is NS(=O)(=O)c1ccc(OCc2ccc(S(=O)(=O)N3CCCC3)o2)c([N+](=O)[O-])c1. The molecule has 2 aromatic rings. The molecular weight excluding hydrogens is 414 g/mol. The van der Waals surface area contributed by atoms with Gasteiger partial charge in [-0.05, 0) is 37.1 Å². The summed E-state index contributed by atoms with van der Waals surface area (Å²) in [6.07, 6.45) is 1.57. The molecule has 0 amide bonds. The topological polar surface area (TPSA) is 163 Å². The van der Waals surface area contributed by atoms with Crippen LogP contribution >= 0.6 is 0 Å². The minimum atomic E-state index is -4.11. The van der Waals surface area contributed by atoms with E-state index in [1.54, 1.807) is 0 Å². The first kappa shape index (κ1) is 20.3. The summed E-state index contributed by atoms with van der Waals surface area (Å²) in [5.41, 5.74) is -0.594. The zero-order chi connectivity index (χ0) is 20.5. The van der Waals surface area contributed by atoms with Crippen LogP contribution in [0.25, 0.3) is 0 Å². The van der Waals surface area contributed by atoms with Crippen LogP contribution in [0.2, 0.25) is 0 Å². The van der Waals surface area contributed by atoms with Crippen LogP contribution in [0.5, 0.6) is 5.75 Å². The lowest BCUT2D eigenvalue weighted by molar-refractivity contribution is -0.386. The molecule has 0 saturated carbocycles. The first-order valence-electron chi connectivity index (χ1n) is 8.12. The Hall–Kier alpha value is -2.48. The van der Waals surface area contributed by atoms with Crippen molar-refractivity contribution in [3.05, 3.63) is 46.2 Å². The van der Waals surface area contributed by atoms with Gasteiger partial charge in [-0.25, -0.2) is 22.0 Å². The second-order valence-electron chi connectivity index (χ2n) is 6.05. The summed E-state index contributed by atoms with van der Waals surface area (Å²) in [7, 11) is -7.84. The average Bonchev–Trinajstić information content (AvgIpc) is 3.31. The minimum Gasteiger partial charge on any atom is -0.479 e. The lowest BCUT2D eigenvalue weighted by Crippen LogP contribution is -2.27. The molecule has 1 fully saturated rings. The van der Waals surface area contributed by atoms with Gasteiger partial charge in [0.15, 0.2) is 5.75 Å². The normalized spacial score (nSPS) is 15.6. The number of nitrogens with zero attached hydrogens (tertiary/aromatic N) is 2. The molecule has 13 heteroatoms. The van der Waals surface area contributed by atoms with Crippen LogP contribution in [-0.2, 0) is 26.7 Å². The Labute approximate surface area is 160 Å². The minimum absolute atomic E-state index is 0.141. The summed E-state index contributed by atoms with van der Waals surface area (Å²) < 4.78 is 59.5. The first-order chi connectivity index (χ1) is 13.1. The number of nitro benzene ring substituents is 1. The number of ether oxygens (including phenoxy) is 1. The summed E-state index contributed by atoms with van der Waals surface area (Å²) in [5, 5.41) is 15.9. The van der Waals surface area contributed by atoms with E-state index < -0.39 is 35.6 Å². The molecule has 0 radical (unpaired) electrons. The van der Waals surface area contributed by atoms with Crippen molar-refractivity contribution in [1.29, 1.82) is 0 Å². The van der Waals surface area contributed by atoms with E-state index in [-0.39, 0.29) is 23.2 Å². The van der Waals surface area contributed by atoms with E-state index >= 15 is 0 Å². The Morgan fingerprint density at radius 1 is 1.14 bits per heavy atom. The van der Waals surface area contributed by atoms with Gasteiger partial charge in [0, 0.05) is 19.2 Å². The van der Waals surface area contributed by atoms with Gasteiger partial charge in [0.1, 0.15) is 12.4 Å². The second kappa shape index (κ2) is 7.50. The quantitative estimate of drug-likeness (QED) is 0.505. The van der Waals surface area contributed by atoms with Crippen molar-refractivity contribution in [3.63, 3.8) is 0 Å². The number of hydrogen-bond donors (Lipinski definition) is 1. The third-order valence-electron chi connectivity index (χ3n) is 4.12. The van der Waals surface area contributed by atoms with Gasteiger partial charge in [-0.15, -0.1) is 0 Å². The number of benzene rings is 1. The van der Waals surface area contributed by atoms with Crippen LogP contribution < -0.4 is 9.88 Å². The molecule has 152 valence electrons. The van der Waals surface area contributed by atoms with Gasteiger partial charge in [-0.2, -0.15) is 4.31 Å². The number of hydrogen-bond acceptors (Lipinski definition) is 8. The van der Waals surface area contributed by atoms with Gasteiger partial charge in [0.2, 0.25) is 15.1 Å². The van der Waals surface area contributed by atoms with Crippen molar-refractivity contribution >= 4 is 25.7 Å². The van der Waals surface area contributed by atoms with E-state index in [1.165, 1.54) is 16.4 Å². The lowest BCUT2D eigenvalue weighted by atomic mass is 10.3. The van der Waals surface area contributed by atoms with E-state index in [4.69, 9.17) is 14.3 Å². The largest absolute Gasteiger partial charge is 0.479 e. The Morgan fingerprint density at radius 3 is 2.43 bits per heavy atom. The molecule has 2 heterocycles. The molecule has 0 unspecified atom stereocenters. The van der Waals surface area contributed by atoms with Crippen LogP contribution in [-0.4, -0.2) is 39.2 Å². The highest BCUT2D eigenvalue weighted by Crippen LogP contribution is 2.30. The first-order valence-corrected chi connectivity index (χ1v) is 11.1. The standard InChI is InChI=1S/C15H17N3O8S2/c16-27(21,22)12-4-5-14(13(9-12)18(19)20)25-10-11-3-6-15(26-11)28(23,24)17-7-1-2-8-17/h3-6,9H,1-2,7-8,10H2,(H2,16,21,22). The zero-order valence-corrected chi connectivity index (χ0v) is 16.1. The van der Waals surface area contributed by atoms with Gasteiger partial charge in [-0.1, -0.05) is 0 Å². The zero-order valence-electron chi connectivity index (χ0n) is 14.5. The van der Waals surface area contributed by atoms with Crippen molar-refractivity contribution < 1.29 is 30.9 Å². The number of furan rings is 1. The van der Waals surface area contributed by atoms with Crippen molar-refractivity contribution in [1.82, 2.24) is 4.31 Å². The van der Waals surface area contributed by atoms with Gasteiger partial charge >= 0.3 is 5.69 Å². The summed E-state index contributed by atoms with van der Waals surface area (Å²) >= 11 is 0. The Bertz CT molecular complexity index is 1100. The fourth-order valence-electron chi connectivity index (χ4n) is 2.72. The molecule has 11 nitrogen and oxygen atoms in total. The molecule has 1 aliphatic rings. The number of sulfonamides is 2. The van der Waals surface area contributed by atoms with E-state index in [2.05, 4.69) is 0 Å². The van der Waals surface area contributed by atoms with Crippen molar-refractivity contribution in [2.45, 2.75) is 29.4 Å². The molecule has 0 aliphatic carbocycles. The number of rotatable bonds is 7. The van der Waals surface area contributed by atoms with Crippen LogP contribution in [0, 0.1) is 10.1 Å². The van der Waals surface area contributed by atoms with Gasteiger partial charge in [-0.3, -0.25) is 10.1 Å². The molecular formula is C15H17N3O8S2. The molecule has 0 atom stereocenters. The van der Waals surface area contributed by atoms with E-state index in [0.717, 1.165) is 31.0 Å². The van der Waals surface area contributed by atoms with Crippen LogP contribution in [0.4, 0.5) is 5.69 Å². The fourth-order valence-corrected chi connectivity index (χ4v) is 4.70. The predicted octanol–water partition coefficient (Wildman–Crippen LogP) is 1.20. The maximum absolute atomic E-state index is 12.4. The van der Waals surface area contributed by atoms with Crippen LogP contribution in [0.1, 0.15) is 18.6 Å². The second-order valence-corrected chi connectivity index (χ2v) is 9.48. The summed E-state index contributed by atoms with van der Waals surface area (Å²) in [6.45, 7) is 0.569. The van der Waals surface area contributed by atoms with Crippen LogP contribution in [0.3, 0.4) is 0 Å². The molecule has 2 N–H and O–H groups in total. The predicted molar refractivity (Wildman–Crippen MR) is 95.5 cm³/mol. The molecule has 1 saturated heterocycles. The molecule has 28 heavy (non-hydrogen) atoms. The Morgan fingerprint density at radius 2 is 1.82 bits per heavy atom. The van der Waals surface area contributed by atoms with Crippen molar-refractivity contribution in [2.75, 3.05) is 13.1 Å². The molecule has 0 spiro atoms. The maximum Gasteiger partial charge on any atom is 0.312 e. The monoisotopic (exact) mass is 431 g/mol. The smallest absolute Gasteiger partial charge is 0.312 e. The molecule has 3 rings (SSSR count). The highest BCUT2D eigenvalue weighted by Gasteiger charge is 2.30. The third kappa shape index (κ3) is 4.16. The summed E-state index contributed by atoms with van der Waals surface area (Å²) in [6, 6.07) is 5.65. The maximum atomic E-state index is 12.4. The summed E-state index contributed by atoms with van der Waals surface area (Å²) in [4.78, 5) is 9.94. The van der Waals surface area contributed by atoms with Gasteiger partial charge in [0.25, 0.3) is 10.0 Å². The molecule has 1 aliphatic heterocycles. The number of nitrogens with two attached hydrogens (primary N) is 1. The van der Waals surface area contributed by atoms with E-state index in [9.17, 15) is 26.9 Å². The Balaban J connectivity index is 1.78. The third-order valence-corrected chi connectivity index (χ3v) is 6.81. The highest BCUT2D eigenvalue weighted by atomic mass is 32.2. The average molecular weight is 431 g/mol. The van der Waals surface area contributed by atoms with Crippen LogP contribution in [0.15, 0.2) is 44.7 Å². The Kier molecular flexibility index (Phi) is 5.43. The number of nitro groups is 1. The molecule has 0 bridgehead atoms. The van der Waals surface area contributed by atoms with Crippen molar-refractivity contribution in [2.24, 2.45) is 5.14 Å². The highest BCUT2D eigenvalue weighted by molar-refractivity contribution is 7.89. The fraction of sp³-hybridized carbons (Fsp3) is 0.333. The number of primary sulfonamides is 1. The van der Waals surface area contributed by atoms with Gasteiger partial charge in [0.05, 0.1) is 9.82 Å².